The SMILES string of the molecule is CC(=N)C(C#N)C(=O)COC(=O)Cn1cc(C(F)(F)F)ccc1=O. The van der Waals surface area contributed by atoms with Crippen molar-refractivity contribution in [3.05, 3.63) is 34.2 Å². The monoisotopic (exact) mass is 343 g/mol. The lowest BCUT2D eigenvalue weighted by Crippen LogP contribution is -2.29. The predicted octanol–water partition coefficient (Wildman–Crippen LogP) is 1.16. The molecule has 1 aromatic heterocycles. The van der Waals surface area contributed by atoms with Gasteiger partial charge in [-0.25, -0.2) is 0 Å². The Morgan fingerprint density at radius 1 is 1.42 bits per heavy atom. The van der Waals surface area contributed by atoms with E-state index < -0.39 is 48.1 Å². The van der Waals surface area contributed by atoms with Crippen molar-refractivity contribution in [1.29, 1.82) is 10.7 Å². The van der Waals surface area contributed by atoms with Crippen LogP contribution in [0.25, 0.3) is 0 Å². The zero-order valence-electron chi connectivity index (χ0n) is 12.4. The second-order valence-corrected chi connectivity index (χ2v) is 4.75. The molecule has 0 amide bonds. The third kappa shape index (κ3) is 5.05. The average Bonchev–Trinajstić information content (AvgIpc) is 2.46. The average molecular weight is 343 g/mol. The second kappa shape index (κ2) is 7.54. The van der Waals surface area contributed by atoms with Crippen LogP contribution in [0, 0.1) is 22.7 Å². The highest BCUT2D eigenvalue weighted by Gasteiger charge is 2.31. The van der Waals surface area contributed by atoms with Crippen molar-refractivity contribution in [2.75, 3.05) is 6.61 Å². The third-order valence-corrected chi connectivity index (χ3v) is 2.87. The summed E-state index contributed by atoms with van der Waals surface area (Å²) in [6, 6.07) is 2.80. The number of ketones is 1. The number of nitrogens with one attached hydrogen (secondary N) is 1. The van der Waals surface area contributed by atoms with Gasteiger partial charge in [0.15, 0.2) is 12.4 Å². The lowest BCUT2D eigenvalue weighted by molar-refractivity contribution is -0.149. The van der Waals surface area contributed by atoms with Crippen molar-refractivity contribution < 1.29 is 27.5 Å². The van der Waals surface area contributed by atoms with Crippen molar-refractivity contribution >= 4 is 17.5 Å². The lowest BCUT2D eigenvalue weighted by Gasteiger charge is -2.11. The van der Waals surface area contributed by atoms with Gasteiger partial charge in [-0.05, 0) is 13.0 Å². The van der Waals surface area contributed by atoms with Crippen molar-refractivity contribution in [3.63, 3.8) is 0 Å². The fourth-order valence-electron chi connectivity index (χ4n) is 1.65. The number of halogens is 3. The first kappa shape index (κ1) is 19.1. The molecular weight excluding hydrogens is 331 g/mol. The van der Waals surface area contributed by atoms with Crippen LogP contribution in [0.3, 0.4) is 0 Å². The molecule has 128 valence electrons. The number of nitrogens with zero attached hydrogens (tertiary/aromatic N) is 2. The van der Waals surface area contributed by atoms with Gasteiger partial charge >= 0.3 is 12.1 Å². The molecule has 10 heteroatoms. The van der Waals surface area contributed by atoms with E-state index in [2.05, 4.69) is 4.74 Å². The number of hydrogen-bond acceptors (Lipinski definition) is 6. The number of Topliss-reactive ketones (excluding diaryl/α,β-unsaturated/α-hetero) is 1. The van der Waals surface area contributed by atoms with E-state index in [1.54, 1.807) is 6.07 Å². The van der Waals surface area contributed by atoms with Gasteiger partial charge in [0.2, 0.25) is 0 Å². The van der Waals surface area contributed by atoms with Crippen LogP contribution >= 0.6 is 0 Å². The number of ether oxygens (including phenoxy) is 1. The molecule has 0 radical (unpaired) electrons. The van der Waals surface area contributed by atoms with E-state index in [4.69, 9.17) is 10.7 Å². The number of hydrogen-bond donors (Lipinski definition) is 1. The largest absolute Gasteiger partial charge is 0.456 e. The fourth-order valence-corrected chi connectivity index (χ4v) is 1.65. The number of rotatable bonds is 6. The highest BCUT2D eigenvalue weighted by atomic mass is 19.4. The van der Waals surface area contributed by atoms with Gasteiger partial charge in [0, 0.05) is 18.0 Å². The fraction of sp³-hybridized carbons (Fsp3) is 0.357. The van der Waals surface area contributed by atoms with Crippen LogP contribution in [0.1, 0.15) is 12.5 Å². The Morgan fingerprint density at radius 2 is 2.04 bits per heavy atom. The molecular formula is C14H12F3N3O4. The molecule has 0 aliphatic heterocycles. The summed E-state index contributed by atoms with van der Waals surface area (Å²) >= 11 is 0. The summed E-state index contributed by atoms with van der Waals surface area (Å²) in [5, 5.41) is 15.9. The highest BCUT2D eigenvalue weighted by molar-refractivity contribution is 6.05. The maximum atomic E-state index is 12.6. The molecule has 1 aromatic rings. The van der Waals surface area contributed by atoms with Crippen molar-refractivity contribution in [2.24, 2.45) is 5.92 Å². The summed E-state index contributed by atoms with van der Waals surface area (Å²) in [5.41, 5.74) is -2.20. The number of carbonyl (C=O) groups is 2. The molecule has 0 bridgehead atoms. The van der Waals surface area contributed by atoms with Crippen LogP contribution in [0.15, 0.2) is 23.1 Å². The summed E-state index contributed by atoms with van der Waals surface area (Å²) in [7, 11) is 0. The Balaban J connectivity index is 2.76. The van der Waals surface area contributed by atoms with Gasteiger partial charge in [-0.15, -0.1) is 0 Å². The third-order valence-electron chi connectivity index (χ3n) is 2.87. The van der Waals surface area contributed by atoms with E-state index >= 15 is 0 Å². The summed E-state index contributed by atoms with van der Waals surface area (Å²) in [4.78, 5) is 34.6. The Labute approximate surface area is 133 Å². The van der Waals surface area contributed by atoms with Crippen LogP contribution in [0.4, 0.5) is 13.2 Å². The summed E-state index contributed by atoms with van der Waals surface area (Å²) in [5.74, 6) is -3.33. The molecule has 0 saturated heterocycles. The molecule has 1 rings (SSSR count). The molecule has 24 heavy (non-hydrogen) atoms. The van der Waals surface area contributed by atoms with Gasteiger partial charge in [0.1, 0.15) is 12.5 Å². The smallest absolute Gasteiger partial charge is 0.417 e. The van der Waals surface area contributed by atoms with E-state index in [1.807, 2.05) is 0 Å². The van der Waals surface area contributed by atoms with E-state index in [-0.39, 0.29) is 5.71 Å². The first-order chi connectivity index (χ1) is 11.1. The van der Waals surface area contributed by atoms with Gasteiger partial charge in [-0.2, -0.15) is 18.4 Å². The lowest BCUT2D eigenvalue weighted by atomic mass is 10.0. The van der Waals surface area contributed by atoms with Crippen LogP contribution in [-0.2, 0) is 27.0 Å². The van der Waals surface area contributed by atoms with E-state index in [0.29, 0.717) is 22.9 Å². The molecule has 1 heterocycles. The first-order valence-corrected chi connectivity index (χ1v) is 6.47. The number of nitriles is 1. The van der Waals surface area contributed by atoms with Crippen molar-refractivity contribution in [2.45, 2.75) is 19.6 Å². The quantitative estimate of drug-likeness (QED) is 0.615. The molecule has 7 nitrogen and oxygen atoms in total. The molecule has 0 saturated carbocycles. The number of aromatic nitrogens is 1. The van der Waals surface area contributed by atoms with Gasteiger partial charge in [0.25, 0.3) is 5.56 Å². The summed E-state index contributed by atoms with van der Waals surface area (Å²) in [6.45, 7) is -0.409. The van der Waals surface area contributed by atoms with Gasteiger partial charge in [0.05, 0.1) is 11.6 Å². The van der Waals surface area contributed by atoms with E-state index in [0.717, 1.165) is 0 Å². The standard InChI is InChI=1S/C14H12F3N3O4/c1-8(19)10(4-18)11(21)7-24-13(23)6-20-5-9(14(15,16)17)2-3-12(20)22/h2-3,5,10,19H,6-7H2,1H3. The molecule has 1 atom stereocenters. The molecule has 0 aliphatic carbocycles. The first-order valence-electron chi connectivity index (χ1n) is 6.47. The normalized spacial score (nSPS) is 12.1. The minimum absolute atomic E-state index is 0.229. The molecule has 1 unspecified atom stereocenters. The number of alkyl halides is 3. The van der Waals surface area contributed by atoms with Crippen LogP contribution in [0.2, 0.25) is 0 Å². The Bertz CT molecular complexity index is 762. The van der Waals surface area contributed by atoms with Gasteiger partial charge < -0.3 is 14.7 Å². The van der Waals surface area contributed by atoms with Crippen LogP contribution in [-0.4, -0.2) is 28.6 Å². The zero-order valence-corrected chi connectivity index (χ0v) is 12.4. The van der Waals surface area contributed by atoms with Gasteiger partial charge in [-0.1, -0.05) is 0 Å². The molecule has 0 aromatic carbocycles. The van der Waals surface area contributed by atoms with Crippen LogP contribution in [0.5, 0.6) is 0 Å². The minimum Gasteiger partial charge on any atom is -0.456 e. The number of pyridine rings is 1. The maximum absolute atomic E-state index is 12.6. The Kier molecular flexibility index (Phi) is 6.00. The van der Waals surface area contributed by atoms with Crippen molar-refractivity contribution in [1.82, 2.24) is 4.57 Å². The number of carbonyl (C=O) groups excluding carboxylic acids is 2. The molecule has 0 spiro atoms. The predicted molar refractivity (Wildman–Crippen MR) is 74.2 cm³/mol. The van der Waals surface area contributed by atoms with Gasteiger partial charge in [-0.3, -0.25) is 14.4 Å². The molecule has 0 aliphatic rings. The second-order valence-electron chi connectivity index (χ2n) is 4.75. The van der Waals surface area contributed by atoms with E-state index in [9.17, 15) is 27.6 Å². The number of esters is 1. The summed E-state index contributed by atoms with van der Waals surface area (Å²) in [6.07, 6.45) is -4.22. The van der Waals surface area contributed by atoms with E-state index in [1.165, 1.54) is 6.92 Å². The highest BCUT2D eigenvalue weighted by Crippen LogP contribution is 2.27. The minimum atomic E-state index is -4.68. The van der Waals surface area contributed by atoms with Crippen LogP contribution < -0.4 is 5.56 Å². The van der Waals surface area contributed by atoms with Crippen molar-refractivity contribution in [3.8, 4) is 6.07 Å². The molecule has 1 N–H and O–H groups in total. The zero-order chi connectivity index (χ0) is 18.5. The Morgan fingerprint density at radius 3 is 2.54 bits per heavy atom. The summed E-state index contributed by atoms with van der Waals surface area (Å²) < 4.78 is 42.7. The Hall–Kier alpha value is -2.96. The molecule has 0 fully saturated rings. The maximum Gasteiger partial charge on any atom is 0.417 e. The topological polar surface area (TPSA) is 113 Å².